The molecule has 0 aromatic heterocycles. The predicted molar refractivity (Wildman–Crippen MR) is 95.3 cm³/mol. The van der Waals surface area contributed by atoms with Crippen LogP contribution in [-0.4, -0.2) is 29.6 Å². The van der Waals surface area contributed by atoms with E-state index in [1.165, 1.54) is 50.3 Å². The zero-order valence-corrected chi connectivity index (χ0v) is 14.4. The number of carbonyl (C=O) groups excluding carboxylic acids is 1. The van der Waals surface area contributed by atoms with E-state index in [9.17, 15) is 4.79 Å². The maximum Gasteiger partial charge on any atom is 0.267 e. The van der Waals surface area contributed by atoms with Gasteiger partial charge in [0, 0.05) is 12.6 Å². The van der Waals surface area contributed by atoms with E-state index in [1.807, 2.05) is 12.1 Å². The van der Waals surface area contributed by atoms with E-state index in [-0.39, 0.29) is 0 Å². The number of carbonyl (C=O) groups is 1. The molecule has 24 heavy (non-hydrogen) atoms. The summed E-state index contributed by atoms with van der Waals surface area (Å²) in [7, 11) is 2.20. The van der Waals surface area contributed by atoms with E-state index in [0.717, 1.165) is 29.9 Å². The first kappa shape index (κ1) is 17.2. The summed E-state index contributed by atoms with van der Waals surface area (Å²) in [5.41, 5.74) is 3.82. The van der Waals surface area contributed by atoms with Gasteiger partial charge in [0.2, 0.25) is 0 Å². The molecule has 4 rings (SSSR count). The number of benzene rings is 1. The van der Waals surface area contributed by atoms with Crippen molar-refractivity contribution < 1.29 is 10.0 Å². The third-order valence-electron chi connectivity index (χ3n) is 5.56. The topological polar surface area (TPSA) is 52.6 Å². The summed E-state index contributed by atoms with van der Waals surface area (Å²) in [5, 5.41) is 8.46. The van der Waals surface area contributed by atoms with Gasteiger partial charge in [-0.25, -0.2) is 5.48 Å². The van der Waals surface area contributed by atoms with Crippen molar-refractivity contribution in [2.45, 2.75) is 38.6 Å². The van der Waals surface area contributed by atoms with Crippen molar-refractivity contribution in [2.75, 3.05) is 13.6 Å². The van der Waals surface area contributed by atoms with Crippen LogP contribution in [-0.2, 0) is 11.3 Å². The number of hydroxylamine groups is 1. The van der Waals surface area contributed by atoms with Crippen molar-refractivity contribution in [3.8, 4) is 0 Å². The van der Waals surface area contributed by atoms with Gasteiger partial charge in [0.15, 0.2) is 0 Å². The molecule has 1 amide bonds. The number of hydrogen-bond acceptors (Lipinski definition) is 3. The summed E-state index contributed by atoms with van der Waals surface area (Å²) in [4.78, 5) is 13.4. The first-order valence-corrected chi connectivity index (χ1v) is 9.02. The summed E-state index contributed by atoms with van der Waals surface area (Å²) < 4.78 is 0. The lowest BCUT2D eigenvalue weighted by molar-refractivity contribution is -0.124. The molecule has 0 spiro atoms. The number of fused-ring (bicyclic) bond motifs is 2. The molecule has 1 aromatic carbocycles. The second-order valence-corrected chi connectivity index (χ2v) is 7.62. The first-order valence-electron chi connectivity index (χ1n) is 9.02. The van der Waals surface area contributed by atoms with Gasteiger partial charge in [0.05, 0.1) is 0 Å². The molecule has 0 radical (unpaired) electrons. The fraction of sp³-hybridized carbons (Fsp3) is 0.550. The SMILES string of the molecule is CN(CCC1CC2CC(C1)C2)Cc1ccc(/C=C/C(=O)NO)cc1. The van der Waals surface area contributed by atoms with E-state index >= 15 is 0 Å². The zero-order valence-electron chi connectivity index (χ0n) is 14.4. The average Bonchev–Trinajstić information content (AvgIpc) is 2.58. The normalized spacial score (nSPS) is 25.7. The third-order valence-corrected chi connectivity index (χ3v) is 5.56. The molecule has 4 heteroatoms. The van der Waals surface area contributed by atoms with Gasteiger partial charge in [-0.2, -0.15) is 0 Å². The number of hydrogen-bond donors (Lipinski definition) is 2. The maximum absolute atomic E-state index is 11.0. The van der Waals surface area contributed by atoms with E-state index in [1.54, 1.807) is 11.6 Å². The van der Waals surface area contributed by atoms with Gasteiger partial charge >= 0.3 is 0 Å². The van der Waals surface area contributed by atoms with Crippen molar-refractivity contribution >= 4 is 12.0 Å². The van der Waals surface area contributed by atoms with E-state index in [2.05, 4.69) is 24.1 Å². The molecule has 3 fully saturated rings. The minimum absolute atomic E-state index is 0.515. The van der Waals surface area contributed by atoms with Crippen LogP contribution in [0.4, 0.5) is 0 Å². The summed E-state index contributed by atoms with van der Waals surface area (Å²) in [6.45, 7) is 2.13. The van der Waals surface area contributed by atoms with Gasteiger partial charge < -0.3 is 4.90 Å². The molecule has 4 nitrogen and oxygen atoms in total. The quantitative estimate of drug-likeness (QED) is 0.458. The molecule has 3 saturated carbocycles. The number of nitrogens with one attached hydrogen (secondary N) is 1. The fourth-order valence-electron chi connectivity index (χ4n) is 4.27. The Morgan fingerprint density at radius 2 is 1.88 bits per heavy atom. The smallest absolute Gasteiger partial charge is 0.267 e. The lowest BCUT2D eigenvalue weighted by Gasteiger charge is -2.45. The zero-order chi connectivity index (χ0) is 16.9. The Hall–Kier alpha value is -1.65. The minimum atomic E-state index is -0.515. The molecule has 0 unspecified atom stereocenters. The molecular weight excluding hydrogens is 300 g/mol. The van der Waals surface area contributed by atoms with Crippen LogP contribution in [0.1, 0.15) is 43.2 Å². The van der Waals surface area contributed by atoms with Crippen molar-refractivity contribution in [2.24, 2.45) is 17.8 Å². The standard InChI is InChI=1S/C20H28N2O2/c1-22(9-8-17-10-18-12-19(11-17)13-18)14-16-4-2-15(3-5-16)6-7-20(23)21-24/h2-7,17-19,24H,8-14H2,1H3,(H,21,23)/b7-6+. The Balaban J connectivity index is 1.41. The third kappa shape index (κ3) is 4.68. The van der Waals surface area contributed by atoms with Gasteiger partial charge in [-0.3, -0.25) is 10.0 Å². The van der Waals surface area contributed by atoms with Crippen molar-refractivity contribution in [1.29, 1.82) is 0 Å². The number of rotatable bonds is 7. The highest BCUT2D eigenvalue weighted by Gasteiger charge is 2.37. The van der Waals surface area contributed by atoms with Crippen LogP contribution in [0.3, 0.4) is 0 Å². The maximum atomic E-state index is 11.0. The highest BCUT2D eigenvalue weighted by Crippen LogP contribution is 2.48. The second-order valence-electron chi connectivity index (χ2n) is 7.62. The lowest BCUT2D eigenvalue weighted by Crippen LogP contribution is -2.35. The molecule has 1 aromatic rings. The van der Waals surface area contributed by atoms with Crippen LogP contribution in [0.25, 0.3) is 6.08 Å². The molecule has 0 atom stereocenters. The minimum Gasteiger partial charge on any atom is -0.302 e. The average molecular weight is 328 g/mol. The lowest BCUT2D eigenvalue weighted by atomic mass is 9.61. The Labute approximate surface area is 144 Å². The highest BCUT2D eigenvalue weighted by atomic mass is 16.5. The first-order chi connectivity index (χ1) is 11.6. The molecule has 2 N–H and O–H groups in total. The van der Waals surface area contributed by atoms with Crippen molar-refractivity contribution in [1.82, 2.24) is 10.4 Å². The van der Waals surface area contributed by atoms with E-state index in [4.69, 9.17) is 5.21 Å². The summed E-state index contributed by atoms with van der Waals surface area (Å²) in [6.07, 6.45) is 10.3. The molecule has 3 aliphatic carbocycles. The molecule has 3 aliphatic rings. The van der Waals surface area contributed by atoms with Crippen LogP contribution in [0.2, 0.25) is 0 Å². The van der Waals surface area contributed by atoms with Crippen molar-refractivity contribution in [3.63, 3.8) is 0 Å². The van der Waals surface area contributed by atoms with Gasteiger partial charge in [0.1, 0.15) is 0 Å². The Bertz CT molecular complexity index is 566. The Kier molecular flexibility index (Phi) is 5.69. The van der Waals surface area contributed by atoms with Gasteiger partial charge in [-0.1, -0.05) is 24.3 Å². The van der Waals surface area contributed by atoms with Crippen LogP contribution in [0.5, 0.6) is 0 Å². The fourth-order valence-corrected chi connectivity index (χ4v) is 4.27. The molecule has 0 saturated heterocycles. The van der Waals surface area contributed by atoms with Crippen LogP contribution in [0, 0.1) is 17.8 Å². The number of nitrogens with zero attached hydrogens (tertiary/aromatic N) is 1. The Morgan fingerprint density at radius 3 is 2.50 bits per heavy atom. The molecule has 130 valence electrons. The van der Waals surface area contributed by atoms with Crippen LogP contribution < -0.4 is 5.48 Å². The summed E-state index contributed by atoms with van der Waals surface area (Å²) >= 11 is 0. The van der Waals surface area contributed by atoms with Crippen molar-refractivity contribution in [3.05, 3.63) is 41.5 Å². The number of amides is 1. The van der Waals surface area contributed by atoms with Crippen LogP contribution in [0.15, 0.2) is 30.3 Å². The van der Waals surface area contributed by atoms with E-state index < -0.39 is 5.91 Å². The van der Waals surface area contributed by atoms with Gasteiger partial charge in [0.25, 0.3) is 5.91 Å². The predicted octanol–water partition coefficient (Wildman–Crippen LogP) is 3.46. The molecular formula is C20H28N2O2. The largest absolute Gasteiger partial charge is 0.302 e. The Morgan fingerprint density at radius 1 is 1.21 bits per heavy atom. The molecule has 0 aliphatic heterocycles. The summed E-state index contributed by atoms with van der Waals surface area (Å²) in [6, 6.07) is 8.20. The summed E-state index contributed by atoms with van der Waals surface area (Å²) in [5.74, 6) is 2.54. The van der Waals surface area contributed by atoms with Gasteiger partial charge in [-0.15, -0.1) is 0 Å². The highest BCUT2D eigenvalue weighted by molar-refractivity contribution is 5.90. The van der Waals surface area contributed by atoms with Crippen LogP contribution >= 0.6 is 0 Å². The molecule has 0 heterocycles. The monoisotopic (exact) mass is 328 g/mol. The van der Waals surface area contributed by atoms with Gasteiger partial charge in [-0.05, 0) is 80.7 Å². The molecule has 2 bridgehead atoms. The van der Waals surface area contributed by atoms with E-state index in [0.29, 0.717) is 0 Å². The second kappa shape index (κ2) is 7.95.